The summed E-state index contributed by atoms with van der Waals surface area (Å²) >= 11 is 0. The first kappa shape index (κ1) is 62.6. The minimum Gasteiger partial charge on any atom is -0.479 e. The first-order chi connectivity index (χ1) is 34.6. The van der Waals surface area contributed by atoms with Crippen molar-refractivity contribution >= 4 is 54.9 Å². The Balaban J connectivity index is 1.66. The smallest absolute Gasteiger partial charge is 0.397 e. The van der Waals surface area contributed by atoms with Crippen molar-refractivity contribution in [2.45, 2.75) is 174 Å². The number of aliphatic carboxylic acids is 2. The lowest BCUT2D eigenvalue weighted by Crippen LogP contribution is -2.72. The molecule has 5 saturated heterocycles. The van der Waals surface area contributed by atoms with Crippen LogP contribution in [0.1, 0.15) is 20.8 Å². The largest absolute Gasteiger partial charge is 0.479 e. The van der Waals surface area contributed by atoms with Gasteiger partial charge in [0.1, 0.15) is 104 Å². The molecule has 75 heavy (non-hydrogen) atoms. The number of rotatable bonds is 20. The molecule has 0 bridgehead atoms. The molecule has 0 aromatic carbocycles. The summed E-state index contributed by atoms with van der Waals surface area (Å²) in [6.07, 6.45) is -56.0. The Morgan fingerprint density at radius 1 is 0.453 bits per heavy atom. The Hall–Kier alpha value is -3.23. The molecule has 5 aliphatic rings. The lowest BCUT2D eigenvalue weighted by Gasteiger charge is -2.51. The molecule has 41 heteroatoms. The zero-order valence-corrected chi connectivity index (χ0v) is 40.8. The second kappa shape index (κ2) is 24.8. The predicted octanol–water partition coefficient (Wildman–Crippen LogP) is -10.9. The molecule has 0 saturated carbocycles. The minimum atomic E-state index is -5.80. The van der Waals surface area contributed by atoms with Gasteiger partial charge >= 0.3 is 43.1 Å². The van der Waals surface area contributed by atoms with Gasteiger partial charge in [0.25, 0.3) is 0 Å². The van der Waals surface area contributed by atoms with E-state index in [2.05, 4.69) is 23.2 Å². The summed E-state index contributed by atoms with van der Waals surface area (Å²) in [7, 11) is -17.1. The van der Waals surface area contributed by atoms with Crippen molar-refractivity contribution in [3.05, 3.63) is 0 Å². The SMILES string of the molecule is CC(=O)N[C@H]1[C@H](O[C@H]2[C@H](O[C@@H]3O[C@@H](C)[C@@H](O)[C@@H](O)[C@@H]3O)[C@@H](O)[C@H](O[C@H]3[C@@H](OS(=O)(=O)O)[C@@H](CO)OC(O)[C@@H]3NC(C)=O)O[C@@H]2C(=O)O)O[C@H](CO)[C@H](OS(=O)(=O)O)[C@@H]1O[C@@H]1O[C@H](C(=O)O)[C@@H](O)[C@H](OS(=O)(=O)O)[C@H]1O. The highest BCUT2D eigenvalue weighted by Crippen LogP contribution is 2.38. The van der Waals surface area contributed by atoms with Crippen LogP contribution in [0.15, 0.2) is 0 Å². The third-order valence-electron chi connectivity index (χ3n) is 11.6. The van der Waals surface area contributed by atoms with Crippen molar-refractivity contribution in [3.8, 4) is 0 Å². The van der Waals surface area contributed by atoms with Crippen LogP contribution in [0.25, 0.3) is 0 Å². The van der Waals surface area contributed by atoms with E-state index in [1.54, 1.807) is 0 Å². The maximum absolute atomic E-state index is 13.3. The van der Waals surface area contributed by atoms with Gasteiger partial charge in [0.15, 0.2) is 43.7 Å². The summed E-state index contributed by atoms with van der Waals surface area (Å²) in [4.78, 5) is 50.6. The van der Waals surface area contributed by atoms with Crippen molar-refractivity contribution in [1.29, 1.82) is 0 Å². The van der Waals surface area contributed by atoms with Crippen LogP contribution < -0.4 is 10.6 Å². The molecule has 0 aromatic rings. The molecule has 5 aliphatic heterocycles. The molecule has 434 valence electrons. The third-order valence-corrected chi connectivity index (χ3v) is 13.0. The van der Waals surface area contributed by atoms with E-state index in [-0.39, 0.29) is 0 Å². The molecule has 1 unspecified atom stereocenters. The Morgan fingerprint density at radius 2 is 0.853 bits per heavy atom. The van der Waals surface area contributed by atoms with Crippen molar-refractivity contribution < 1.29 is 169 Å². The van der Waals surface area contributed by atoms with E-state index < -0.39 is 222 Å². The summed E-state index contributed by atoms with van der Waals surface area (Å²) in [5, 5.41) is 122. The van der Waals surface area contributed by atoms with Crippen molar-refractivity contribution in [2.24, 2.45) is 0 Å². The summed E-state index contributed by atoms with van der Waals surface area (Å²) in [6, 6.07) is -4.44. The van der Waals surface area contributed by atoms with Crippen molar-refractivity contribution in [3.63, 3.8) is 0 Å². The molecule has 5 rings (SSSR count). The molecule has 0 aliphatic carbocycles. The molecule has 38 nitrogen and oxygen atoms in total. The number of carboxylic acids is 2. The molecule has 5 fully saturated rings. The highest BCUT2D eigenvalue weighted by molar-refractivity contribution is 7.81. The standard InChI is InChI=1S/C34H54N2O36S3/c1-6-13(41)14(42)15(43)32(61-6)66-24-18(46)34(64-21-11(35-7(2)39)30(51)62-9(4-37)19(21)70-73(52,53)54)69-27(29(49)50)26(24)68-31-12(36-8(3)40)22(20(10(5-38)63-31)71-74(55,56)57)65-33-17(45)23(72-75(58,59)60)16(44)25(67-33)28(47)48/h6,9-27,30-34,37-38,41-46,51H,4-5H2,1-3H3,(H,35,39)(H,36,40)(H,47,48)(H,49,50)(H,52,53,54)(H,55,56,57)(H,58,59,60)/t6-,9+,10+,11+,12+,13+,14+,15-,16-,17+,18+,19-,20-,21+,22+,23-,24+,25-,26-,27-,30?,31-,32-,33+,34+/m0/s1. The van der Waals surface area contributed by atoms with Gasteiger partial charge in [-0.2, -0.15) is 25.3 Å². The monoisotopic (exact) mass is 1160 g/mol. The number of ether oxygens (including phenoxy) is 9. The fourth-order valence-corrected chi connectivity index (χ4v) is 9.98. The van der Waals surface area contributed by atoms with E-state index in [1.807, 2.05) is 0 Å². The molecule has 25 atom stereocenters. The Labute approximate surface area is 421 Å². The van der Waals surface area contributed by atoms with Gasteiger partial charge < -0.3 is 109 Å². The highest BCUT2D eigenvalue weighted by atomic mass is 32.3. The highest BCUT2D eigenvalue weighted by Gasteiger charge is 2.61. The number of carbonyl (C=O) groups excluding carboxylic acids is 2. The number of carbonyl (C=O) groups is 4. The van der Waals surface area contributed by atoms with E-state index in [1.165, 1.54) is 0 Å². The maximum Gasteiger partial charge on any atom is 0.397 e. The van der Waals surface area contributed by atoms with E-state index in [4.69, 9.17) is 42.6 Å². The topological polar surface area (TPSA) is 589 Å². The lowest BCUT2D eigenvalue weighted by molar-refractivity contribution is -0.387. The first-order valence-corrected chi connectivity index (χ1v) is 25.5. The molecular weight excluding hydrogens is 1110 g/mol. The summed E-state index contributed by atoms with van der Waals surface area (Å²) in [6.45, 7) is -0.0239. The van der Waals surface area contributed by atoms with Gasteiger partial charge in [0.05, 0.1) is 19.3 Å². The molecule has 16 N–H and O–H groups in total. The van der Waals surface area contributed by atoms with E-state index >= 15 is 0 Å². The summed E-state index contributed by atoms with van der Waals surface area (Å²) in [5.41, 5.74) is 0. The van der Waals surface area contributed by atoms with Gasteiger partial charge in [0, 0.05) is 13.8 Å². The second-order valence-corrected chi connectivity index (χ2v) is 20.1. The minimum absolute atomic E-state index is 0.732. The predicted molar refractivity (Wildman–Crippen MR) is 221 cm³/mol. The van der Waals surface area contributed by atoms with Crippen LogP contribution in [0.3, 0.4) is 0 Å². The van der Waals surface area contributed by atoms with Crippen molar-refractivity contribution in [1.82, 2.24) is 10.6 Å². The van der Waals surface area contributed by atoms with E-state index in [0.29, 0.717) is 0 Å². The zero-order valence-electron chi connectivity index (χ0n) is 38.3. The number of aliphatic hydroxyl groups is 9. The van der Waals surface area contributed by atoms with Crippen LogP contribution in [-0.4, -0.2) is 285 Å². The van der Waals surface area contributed by atoms with Crippen LogP contribution in [0.4, 0.5) is 0 Å². The van der Waals surface area contributed by atoms with Gasteiger partial charge in [-0.25, -0.2) is 22.1 Å². The van der Waals surface area contributed by atoms with Gasteiger partial charge in [-0.15, -0.1) is 0 Å². The number of amides is 2. The second-order valence-electron chi connectivity index (χ2n) is 17.0. The molecule has 0 spiro atoms. The summed E-state index contributed by atoms with van der Waals surface area (Å²) in [5.74, 6) is -6.56. The Kier molecular flexibility index (Phi) is 20.7. The Bertz CT molecular complexity index is 2350. The quantitative estimate of drug-likeness (QED) is 0.0503. The average Bonchev–Trinajstić information content (AvgIpc) is 3.27. The number of hydrogen-bond donors (Lipinski definition) is 16. The van der Waals surface area contributed by atoms with Crippen LogP contribution in [0, 0.1) is 0 Å². The van der Waals surface area contributed by atoms with E-state index in [9.17, 15) is 114 Å². The lowest BCUT2D eigenvalue weighted by atomic mass is 9.93. The van der Waals surface area contributed by atoms with Gasteiger partial charge in [-0.3, -0.25) is 23.2 Å². The Morgan fingerprint density at radius 3 is 1.32 bits per heavy atom. The van der Waals surface area contributed by atoms with Crippen LogP contribution >= 0.6 is 0 Å². The molecule has 2 amide bonds. The summed E-state index contributed by atoms with van der Waals surface area (Å²) < 4.78 is 164. The van der Waals surface area contributed by atoms with Crippen LogP contribution in [-0.2, 0) is 106 Å². The van der Waals surface area contributed by atoms with Gasteiger partial charge in [0.2, 0.25) is 11.8 Å². The molecule has 0 aromatic heterocycles. The van der Waals surface area contributed by atoms with Crippen LogP contribution in [0.2, 0.25) is 0 Å². The normalized spacial score (nSPS) is 43.1. The fourth-order valence-electron chi connectivity index (χ4n) is 8.44. The van der Waals surface area contributed by atoms with Gasteiger partial charge in [-0.1, -0.05) is 0 Å². The first-order valence-electron chi connectivity index (χ1n) is 21.4. The third kappa shape index (κ3) is 15.3. The maximum atomic E-state index is 13.3. The average molecular weight is 1160 g/mol. The number of aliphatic hydroxyl groups excluding tert-OH is 9. The molecule has 0 radical (unpaired) electrons. The number of carboxylic acid groups (broad SMARTS) is 2. The number of hydrogen-bond acceptors (Lipinski definition) is 31. The van der Waals surface area contributed by atoms with Gasteiger partial charge in [-0.05, 0) is 6.92 Å². The van der Waals surface area contributed by atoms with Crippen LogP contribution in [0.5, 0.6) is 0 Å². The zero-order chi connectivity index (χ0) is 56.6. The number of nitrogens with one attached hydrogen (secondary N) is 2. The molecular formula is C34H54N2O36S3. The molecule has 5 heterocycles. The van der Waals surface area contributed by atoms with Crippen molar-refractivity contribution in [2.75, 3.05) is 13.2 Å². The van der Waals surface area contributed by atoms with E-state index in [0.717, 1.165) is 20.8 Å². The fraction of sp³-hybridized carbons (Fsp3) is 0.882.